The minimum absolute atomic E-state index is 0.467. The van der Waals surface area contributed by atoms with Gasteiger partial charge in [0.05, 0.1) is 6.10 Å². The Hall–Kier alpha value is -1.29. The van der Waals surface area contributed by atoms with E-state index in [1.54, 1.807) is 0 Å². The Balaban J connectivity index is 2.06. The normalized spacial score (nSPS) is 15.3. The zero-order valence-corrected chi connectivity index (χ0v) is 16.6. The molecule has 0 aliphatic rings. The van der Waals surface area contributed by atoms with Crippen LogP contribution in [-0.2, 0) is 6.54 Å². The standard InChI is InChI=1S/C21H31ClN2O/c1-5-16(3)24(17(4)6-2)15-21(25)19-11-12-23(14-19)13-18-9-7-8-10-20(18)22/h7-12,14,16-17,21,25H,5-6,13,15H2,1-4H3. The van der Waals surface area contributed by atoms with E-state index in [9.17, 15) is 5.11 Å². The average molecular weight is 363 g/mol. The molecule has 0 saturated carbocycles. The highest BCUT2D eigenvalue weighted by atomic mass is 35.5. The molecule has 25 heavy (non-hydrogen) atoms. The van der Waals surface area contributed by atoms with E-state index in [4.69, 9.17) is 11.6 Å². The van der Waals surface area contributed by atoms with Gasteiger partial charge in [-0.1, -0.05) is 43.6 Å². The number of aliphatic hydroxyl groups excluding tert-OH is 1. The molecule has 0 spiro atoms. The van der Waals surface area contributed by atoms with Gasteiger partial charge < -0.3 is 9.67 Å². The van der Waals surface area contributed by atoms with Crippen molar-refractivity contribution in [1.29, 1.82) is 0 Å². The predicted molar refractivity (Wildman–Crippen MR) is 106 cm³/mol. The highest BCUT2D eigenvalue weighted by Crippen LogP contribution is 2.22. The van der Waals surface area contributed by atoms with E-state index in [-0.39, 0.29) is 0 Å². The van der Waals surface area contributed by atoms with Gasteiger partial charge in [0.1, 0.15) is 0 Å². The third-order valence-corrected chi connectivity index (χ3v) is 5.54. The first-order chi connectivity index (χ1) is 12.0. The largest absolute Gasteiger partial charge is 0.387 e. The maximum atomic E-state index is 10.7. The summed E-state index contributed by atoms with van der Waals surface area (Å²) < 4.78 is 2.08. The Labute approximate surface area is 157 Å². The maximum Gasteiger partial charge on any atom is 0.0931 e. The molecule has 0 saturated heterocycles. The van der Waals surface area contributed by atoms with Crippen molar-refractivity contribution in [2.75, 3.05) is 6.54 Å². The van der Waals surface area contributed by atoms with Crippen LogP contribution in [0, 0.1) is 0 Å². The van der Waals surface area contributed by atoms with Crippen LogP contribution in [0.4, 0.5) is 0 Å². The van der Waals surface area contributed by atoms with Crippen LogP contribution in [0.15, 0.2) is 42.7 Å². The topological polar surface area (TPSA) is 28.4 Å². The molecule has 1 heterocycles. The molecule has 2 rings (SSSR count). The first-order valence-corrected chi connectivity index (χ1v) is 9.66. The molecular weight excluding hydrogens is 332 g/mol. The van der Waals surface area contributed by atoms with Crippen LogP contribution >= 0.6 is 11.6 Å². The fourth-order valence-electron chi connectivity index (χ4n) is 3.15. The summed E-state index contributed by atoms with van der Waals surface area (Å²) >= 11 is 6.24. The van der Waals surface area contributed by atoms with Crippen LogP contribution in [0.25, 0.3) is 0 Å². The molecule has 3 unspecified atom stereocenters. The summed E-state index contributed by atoms with van der Waals surface area (Å²) in [5.74, 6) is 0. The van der Waals surface area contributed by atoms with Crippen molar-refractivity contribution >= 4 is 11.6 Å². The zero-order chi connectivity index (χ0) is 18.4. The predicted octanol–water partition coefficient (Wildman–Crippen LogP) is 5.12. The molecule has 0 aliphatic heterocycles. The van der Waals surface area contributed by atoms with Crippen LogP contribution < -0.4 is 0 Å². The summed E-state index contributed by atoms with van der Waals surface area (Å²) in [7, 11) is 0. The van der Waals surface area contributed by atoms with Crippen molar-refractivity contribution in [1.82, 2.24) is 9.47 Å². The average Bonchev–Trinajstić information content (AvgIpc) is 3.09. The van der Waals surface area contributed by atoms with Gasteiger partial charge in [-0.05, 0) is 49.9 Å². The van der Waals surface area contributed by atoms with Gasteiger partial charge in [-0.25, -0.2) is 0 Å². The third-order valence-electron chi connectivity index (χ3n) is 5.17. The van der Waals surface area contributed by atoms with E-state index < -0.39 is 6.10 Å². The zero-order valence-electron chi connectivity index (χ0n) is 15.8. The molecule has 0 radical (unpaired) electrons. The molecule has 1 aromatic carbocycles. The number of halogens is 1. The SMILES string of the molecule is CCC(C)N(CC(O)c1ccn(Cc2ccccc2Cl)c1)C(C)CC. The Morgan fingerprint density at radius 3 is 2.32 bits per heavy atom. The number of hydrogen-bond acceptors (Lipinski definition) is 2. The smallest absolute Gasteiger partial charge is 0.0931 e. The second-order valence-electron chi connectivity index (χ2n) is 6.94. The molecule has 3 nitrogen and oxygen atoms in total. The summed E-state index contributed by atoms with van der Waals surface area (Å²) in [4.78, 5) is 2.41. The van der Waals surface area contributed by atoms with E-state index in [0.29, 0.717) is 25.2 Å². The third kappa shape index (κ3) is 5.34. The van der Waals surface area contributed by atoms with Crippen molar-refractivity contribution in [2.24, 2.45) is 0 Å². The Morgan fingerprint density at radius 1 is 1.08 bits per heavy atom. The van der Waals surface area contributed by atoms with Crippen molar-refractivity contribution in [3.63, 3.8) is 0 Å². The quantitative estimate of drug-likeness (QED) is 0.670. The summed E-state index contributed by atoms with van der Waals surface area (Å²) in [6.07, 6.45) is 5.74. The molecule has 138 valence electrons. The second kappa shape index (κ2) is 9.42. The number of aromatic nitrogens is 1. The molecule has 4 heteroatoms. The number of hydrogen-bond donors (Lipinski definition) is 1. The fourth-order valence-corrected chi connectivity index (χ4v) is 3.34. The fraction of sp³-hybridized carbons (Fsp3) is 0.524. The molecule has 0 aliphatic carbocycles. The van der Waals surface area contributed by atoms with Crippen molar-refractivity contribution in [2.45, 2.75) is 65.3 Å². The molecule has 2 aromatic rings. The minimum Gasteiger partial charge on any atom is -0.387 e. The van der Waals surface area contributed by atoms with E-state index >= 15 is 0 Å². The Morgan fingerprint density at radius 2 is 1.72 bits per heavy atom. The molecule has 1 aromatic heterocycles. The highest BCUT2D eigenvalue weighted by molar-refractivity contribution is 6.31. The monoisotopic (exact) mass is 362 g/mol. The van der Waals surface area contributed by atoms with Gasteiger partial charge in [0.25, 0.3) is 0 Å². The lowest BCUT2D eigenvalue weighted by Gasteiger charge is -2.35. The van der Waals surface area contributed by atoms with Gasteiger partial charge in [-0.15, -0.1) is 0 Å². The van der Waals surface area contributed by atoms with Crippen LogP contribution in [0.1, 0.15) is 57.8 Å². The summed E-state index contributed by atoms with van der Waals surface area (Å²) in [5, 5.41) is 11.5. The summed E-state index contributed by atoms with van der Waals surface area (Å²) in [6, 6.07) is 10.8. The second-order valence-corrected chi connectivity index (χ2v) is 7.34. The van der Waals surface area contributed by atoms with E-state index in [1.807, 2.05) is 42.7 Å². The maximum absolute atomic E-state index is 10.7. The summed E-state index contributed by atoms with van der Waals surface area (Å²) in [5.41, 5.74) is 2.05. The highest BCUT2D eigenvalue weighted by Gasteiger charge is 2.22. The van der Waals surface area contributed by atoms with Crippen LogP contribution in [0.3, 0.4) is 0 Å². The lowest BCUT2D eigenvalue weighted by molar-refractivity contribution is 0.0628. The van der Waals surface area contributed by atoms with Gasteiger partial charge in [-0.3, -0.25) is 4.90 Å². The van der Waals surface area contributed by atoms with Gasteiger partial charge >= 0.3 is 0 Å². The van der Waals surface area contributed by atoms with Crippen LogP contribution in [0.2, 0.25) is 5.02 Å². The lowest BCUT2D eigenvalue weighted by atomic mass is 10.1. The molecule has 1 N–H and O–H groups in total. The number of benzene rings is 1. The van der Waals surface area contributed by atoms with Crippen molar-refractivity contribution in [3.05, 3.63) is 58.9 Å². The number of aliphatic hydroxyl groups is 1. The number of rotatable bonds is 9. The van der Waals surface area contributed by atoms with Gasteiger partial charge in [0, 0.05) is 42.6 Å². The Kier molecular flexibility index (Phi) is 7.55. The molecule has 0 fully saturated rings. The first-order valence-electron chi connectivity index (χ1n) is 9.29. The van der Waals surface area contributed by atoms with Gasteiger partial charge in [-0.2, -0.15) is 0 Å². The molecule has 0 amide bonds. The minimum atomic E-state index is -0.476. The van der Waals surface area contributed by atoms with E-state index in [0.717, 1.165) is 29.0 Å². The van der Waals surface area contributed by atoms with Crippen molar-refractivity contribution in [3.8, 4) is 0 Å². The van der Waals surface area contributed by atoms with Gasteiger partial charge in [0.15, 0.2) is 0 Å². The van der Waals surface area contributed by atoms with E-state index in [2.05, 4.69) is 37.2 Å². The van der Waals surface area contributed by atoms with Crippen LogP contribution in [0.5, 0.6) is 0 Å². The number of nitrogens with zero attached hydrogens (tertiary/aromatic N) is 2. The lowest BCUT2D eigenvalue weighted by Crippen LogP contribution is -2.42. The first kappa shape index (κ1) is 20.0. The van der Waals surface area contributed by atoms with Crippen LogP contribution in [-0.4, -0.2) is 33.2 Å². The molecule has 0 bridgehead atoms. The van der Waals surface area contributed by atoms with E-state index in [1.165, 1.54) is 0 Å². The molecule has 3 atom stereocenters. The van der Waals surface area contributed by atoms with Gasteiger partial charge in [0.2, 0.25) is 0 Å². The molecular formula is C21H31ClN2O. The van der Waals surface area contributed by atoms with Crippen molar-refractivity contribution < 1.29 is 5.11 Å². The Bertz CT molecular complexity index is 645. The summed E-state index contributed by atoms with van der Waals surface area (Å²) in [6.45, 7) is 10.3.